The fourth-order valence-corrected chi connectivity index (χ4v) is 3.69. The minimum Gasteiger partial charge on any atom is -0.504 e. The third kappa shape index (κ3) is 8.09. The molecule has 0 bridgehead atoms. The second-order valence-corrected chi connectivity index (χ2v) is 7.50. The highest BCUT2D eigenvalue weighted by Crippen LogP contribution is 2.26. The Balaban J connectivity index is 0.00000385. The van der Waals surface area contributed by atoms with Crippen molar-refractivity contribution in [1.29, 1.82) is 0 Å². The van der Waals surface area contributed by atoms with Gasteiger partial charge in [0.15, 0.2) is 17.5 Å². The maximum atomic E-state index is 12.4. The van der Waals surface area contributed by atoms with Gasteiger partial charge < -0.3 is 30.1 Å². The topological polar surface area (TPSA) is 78.4 Å². The Labute approximate surface area is 210 Å². The second kappa shape index (κ2) is 13.3. The molecule has 33 heavy (non-hydrogen) atoms. The van der Waals surface area contributed by atoms with E-state index in [4.69, 9.17) is 4.74 Å². The van der Waals surface area contributed by atoms with Gasteiger partial charge in [0, 0.05) is 31.4 Å². The van der Waals surface area contributed by atoms with E-state index in [1.54, 1.807) is 36.4 Å². The molecule has 0 spiro atoms. The molecule has 1 unspecified atom stereocenters. The number of guanidine groups is 1. The number of phenolic OH excluding ortho intramolecular Hbond substituents is 1. The first kappa shape index (κ1) is 26.7. The molecule has 1 heterocycles. The maximum Gasteiger partial charge on any atom is 0.387 e. The minimum atomic E-state index is -2.82. The number of aromatic hydroxyl groups is 1. The van der Waals surface area contributed by atoms with E-state index in [0.717, 1.165) is 43.7 Å². The smallest absolute Gasteiger partial charge is 0.387 e. The summed E-state index contributed by atoms with van der Waals surface area (Å²) in [6.07, 6.45) is 2.00. The molecule has 7 nitrogen and oxygen atoms in total. The van der Waals surface area contributed by atoms with E-state index in [1.807, 2.05) is 13.0 Å². The molecule has 1 aliphatic rings. The van der Waals surface area contributed by atoms with Crippen LogP contribution in [0.4, 0.5) is 14.5 Å². The summed E-state index contributed by atoms with van der Waals surface area (Å²) in [6.45, 7) is 1.98. The number of phenols is 1. The molecular weight excluding hydrogens is 545 g/mol. The number of hydrogen-bond donors (Lipinski definition) is 3. The van der Waals surface area contributed by atoms with Crippen molar-refractivity contribution < 1.29 is 23.4 Å². The Morgan fingerprint density at radius 1 is 1.24 bits per heavy atom. The monoisotopic (exact) mass is 576 g/mol. The van der Waals surface area contributed by atoms with Crippen molar-refractivity contribution in [3.8, 4) is 17.2 Å². The lowest BCUT2D eigenvalue weighted by atomic mass is 10.0. The zero-order valence-electron chi connectivity index (χ0n) is 18.8. The predicted molar refractivity (Wildman–Crippen MR) is 136 cm³/mol. The number of hydrogen-bond acceptors (Lipinski definition) is 5. The van der Waals surface area contributed by atoms with Crippen LogP contribution in [-0.4, -0.2) is 50.5 Å². The summed E-state index contributed by atoms with van der Waals surface area (Å²) < 4.78 is 34.2. The van der Waals surface area contributed by atoms with Gasteiger partial charge in [0.05, 0.1) is 13.7 Å². The number of nitrogens with zero attached hydrogens (tertiary/aromatic N) is 2. The van der Waals surface area contributed by atoms with Gasteiger partial charge in [-0.25, -0.2) is 4.99 Å². The molecule has 0 aliphatic carbocycles. The Morgan fingerprint density at radius 3 is 2.64 bits per heavy atom. The van der Waals surface area contributed by atoms with Gasteiger partial charge in [0.2, 0.25) is 0 Å². The van der Waals surface area contributed by atoms with Crippen LogP contribution in [0.15, 0.2) is 47.5 Å². The highest BCUT2D eigenvalue weighted by molar-refractivity contribution is 14.0. The molecule has 1 saturated heterocycles. The number of methoxy groups -OCH3 is 1. The van der Waals surface area contributed by atoms with E-state index in [1.165, 1.54) is 7.11 Å². The lowest BCUT2D eigenvalue weighted by molar-refractivity contribution is -0.0498. The average molecular weight is 576 g/mol. The Bertz CT molecular complexity index is 900. The van der Waals surface area contributed by atoms with Crippen LogP contribution >= 0.6 is 24.0 Å². The number of ether oxygens (including phenoxy) is 2. The Morgan fingerprint density at radius 2 is 2.00 bits per heavy atom. The van der Waals surface area contributed by atoms with Gasteiger partial charge in [0.1, 0.15) is 5.75 Å². The third-order valence-corrected chi connectivity index (χ3v) is 5.20. The molecule has 1 fully saturated rings. The molecule has 3 N–H and O–H groups in total. The summed E-state index contributed by atoms with van der Waals surface area (Å²) in [5.74, 6) is 1.38. The summed E-state index contributed by atoms with van der Waals surface area (Å²) >= 11 is 0. The second-order valence-electron chi connectivity index (χ2n) is 7.50. The molecule has 0 radical (unpaired) electrons. The normalized spacial score (nSPS) is 16.2. The molecule has 2 aromatic carbocycles. The lowest BCUT2D eigenvalue weighted by Crippen LogP contribution is -2.51. The van der Waals surface area contributed by atoms with Gasteiger partial charge >= 0.3 is 6.61 Å². The van der Waals surface area contributed by atoms with Gasteiger partial charge in [-0.05, 0) is 61.7 Å². The minimum absolute atomic E-state index is 0. The zero-order valence-corrected chi connectivity index (χ0v) is 21.1. The number of halogens is 3. The van der Waals surface area contributed by atoms with Crippen molar-refractivity contribution in [2.24, 2.45) is 4.99 Å². The molecule has 1 atom stereocenters. The number of nitrogens with one attached hydrogen (secondary N) is 2. The van der Waals surface area contributed by atoms with Crippen molar-refractivity contribution in [3.05, 3.63) is 48.0 Å². The number of piperidine rings is 1. The van der Waals surface area contributed by atoms with E-state index < -0.39 is 6.61 Å². The number of benzene rings is 2. The van der Waals surface area contributed by atoms with Crippen LogP contribution in [0.3, 0.4) is 0 Å². The van der Waals surface area contributed by atoms with Crippen LogP contribution in [0, 0.1) is 0 Å². The number of alkyl halides is 2. The van der Waals surface area contributed by atoms with Crippen LogP contribution in [0.2, 0.25) is 0 Å². The first-order valence-electron chi connectivity index (χ1n) is 10.7. The lowest BCUT2D eigenvalue weighted by Gasteiger charge is -2.35. The quantitative estimate of drug-likeness (QED) is 0.247. The van der Waals surface area contributed by atoms with E-state index in [-0.39, 0.29) is 41.5 Å². The van der Waals surface area contributed by atoms with Crippen molar-refractivity contribution >= 4 is 35.6 Å². The molecule has 2 aromatic rings. The van der Waals surface area contributed by atoms with Gasteiger partial charge in [-0.3, -0.25) is 0 Å². The molecule has 10 heteroatoms. The van der Waals surface area contributed by atoms with Crippen LogP contribution in [0.5, 0.6) is 17.2 Å². The fraction of sp³-hybridized carbons (Fsp3) is 0.435. The highest BCUT2D eigenvalue weighted by Gasteiger charge is 2.21. The van der Waals surface area contributed by atoms with Gasteiger partial charge in [-0.15, -0.1) is 24.0 Å². The molecule has 0 aromatic heterocycles. The van der Waals surface area contributed by atoms with E-state index in [0.29, 0.717) is 18.3 Å². The van der Waals surface area contributed by atoms with Gasteiger partial charge in [-0.1, -0.05) is 6.07 Å². The van der Waals surface area contributed by atoms with Crippen LogP contribution < -0.4 is 25.0 Å². The summed E-state index contributed by atoms with van der Waals surface area (Å²) in [6, 6.07) is 12.2. The standard InChI is InChI=1S/C23H30F2N4O3.HI/c1-3-26-23(27-14-16-6-11-21(31-2)20(30)13-16)28-17-5-4-12-29(15-17)18-7-9-19(10-8-18)32-22(24)25;/h6-11,13,17,22,30H,3-5,12,14-15H2,1-2H3,(H2,26,27,28);1H. The molecule has 1 aliphatic heterocycles. The van der Waals surface area contributed by atoms with Crippen LogP contribution in [0.1, 0.15) is 25.3 Å². The van der Waals surface area contributed by atoms with Crippen molar-refractivity contribution in [1.82, 2.24) is 10.6 Å². The first-order valence-corrected chi connectivity index (χ1v) is 10.7. The molecule has 0 saturated carbocycles. The summed E-state index contributed by atoms with van der Waals surface area (Å²) in [5.41, 5.74) is 1.84. The maximum absolute atomic E-state index is 12.4. The number of anilines is 1. The summed E-state index contributed by atoms with van der Waals surface area (Å²) in [5, 5.41) is 16.7. The van der Waals surface area contributed by atoms with Gasteiger partial charge in [0.25, 0.3) is 0 Å². The predicted octanol–water partition coefficient (Wildman–Crippen LogP) is 4.34. The van der Waals surface area contributed by atoms with Gasteiger partial charge in [-0.2, -0.15) is 8.78 Å². The van der Waals surface area contributed by atoms with Crippen LogP contribution in [0.25, 0.3) is 0 Å². The molecular formula is C23H31F2IN4O3. The SMILES string of the molecule is CCNC(=NCc1ccc(OC)c(O)c1)NC1CCCN(c2ccc(OC(F)F)cc2)C1.I. The summed E-state index contributed by atoms with van der Waals surface area (Å²) in [7, 11) is 1.51. The van der Waals surface area contributed by atoms with Crippen molar-refractivity contribution in [3.63, 3.8) is 0 Å². The Hall–Kier alpha value is -2.50. The first-order chi connectivity index (χ1) is 15.5. The average Bonchev–Trinajstić information content (AvgIpc) is 2.78. The molecule has 182 valence electrons. The summed E-state index contributed by atoms with van der Waals surface area (Å²) in [4.78, 5) is 6.87. The largest absolute Gasteiger partial charge is 0.504 e. The number of aliphatic imine (C=N–C) groups is 1. The van der Waals surface area contributed by atoms with Crippen molar-refractivity contribution in [2.45, 2.75) is 39.0 Å². The molecule has 3 rings (SSSR count). The zero-order chi connectivity index (χ0) is 22.9. The molecule has 0 amide bonds. The fourth-order valence-electron chi connectivity index (χ4n) is 3.69. The third-order valence-electron chi connectivity index (χ3n) is 5.20. The van der Waals surface area contributed by atoms with Crippen LogP contribution in [-0.2, 0) is 6.54 Å². The van der Waals surface area contributed by atoms with E-state index >= 15 is 0 Å². The highest BCUT2D eigenvalue weighted by atomic mass is 127. The van der Waals surface area contributed by atoms with E-state index in [9.17, 15) is 13.9 Å². The van der Waals surface area contributed by atoms with Crippen molar-refractivity contribution in [2.75, 3.05) is 31.6 Å². The number of rotatable bonds is 8. The Kier molecular flexibility index (Phi) is 10.8. The van der Waals surface area contributed by atoms with E-state index in [2.05, 4.69) is 25.3 Å².